The lowest BCUT2D eigenvalue weighted by Gasteiger charge is -2.05. The molecular formula is C15H17FN2O. The fourth-order valence-corrected chi connectivity index (χ4v) is 2.03. The predicted molar refractivity (Wildman–Crippen MR) is 72.0 cm³/mol. The molecule has 1 aromatic rings. The van der Waals surface area contributed by atoms with E-state index in [1.165, 1.54) is 12.1 Å². The summed E-state index contributed by atoms with van der Waals surface area (Å²) in [6.07, 6.45) is 2.08. The van der Waals surface area contributed by atoms with Gasteiger partial charge in [0.05, 0.1) is 12.1 Å². The molecule has 19 heavy (non-hydrogen) atoms. The van der Waals surface area contributed by atoms with E-state index in [0.29, 0.717) is 11.5 Å². The van der Waals surface area contributed by atoms with Crippen molar-refractivity contribution in [3.63, 3.8) is 0 Å². The predicted octanol–water partition coefficient (Wildman–Crippen LogP) is 1.66. The van der Waals surface area contributed by atoms with Crippen molar-refractivity contribution >= 4 is 5.91 Å². The van der Waals surface area contributed by atoms with Gasteiger partial charge in [-0.05, 0) is 30.5 Å². The molecule has 1 saturated carbocycles. The molecule has 0 saturated heterocycles. The second-order valence-electron chi connectivity index (χ2n) is 4.68. The maximum atomic E-state index is 13.7. The summed E-state index contributed by atoms with van der Waals surface area (Å²) in [6, 6.07) is 4.57. The smallest absolute Gasteiger partial charge is 0.251 e. The normalized spacial score (nSPS) is 20.4. The van der Waals surface area contributed by atoms with Gasteiger partial charge >= 0.3 is 0 Å². The number of benzene rings is 1. The van der Waals surface area contributed by atoms with E-state index in [0.717, 1.165) is 12.8 Å². The van der Waals surface area contributed by atoms with Crippen molar-refractivity contribution < 1.29 is 9.18 Å². The Morgan fingerprint density at radius 1 is 1.58 bits per heavy atom. The van der Waals surface area contributed by atoms with E-state index in [1.54, 1.807) is 6.07 Å². The van der Waals surface area contributed by atoms with E-state index in [4.69, 9.17) is 5.73 Å². The van der Waals surface area contributed by atoms with Crippen molar-refractivity contribution in [1.82, 2.24) is 5.32 Å². The molecule has 3 N–H and O–H groups in total. The van der Waals surface area contributed by atoms with Gasteiger partial charge in [-0.2, -0.15) is 0 Å². The first-order valence-corrected chi connectivity index (χ1v) is 6.45. The topological polar surface area (TPSA) is 55.1 Å². The summed E-state index contributed by atoms with van der Waals surface area (Å²) < 4.78 is 13.7. The number of nitrogens with one attached hydrogen (secondary N) is 1. The number of hydrogen-bond donors (Lipinski definition) is 2. The van der Waals surface area contributed by atoms with E-state index in [2.05, 4.69) is 24.1 Å². The largest absolute Gasteiger partial charge is 0.349 e. The number of halogens is 1. The molecule has 0 aliphatic heterocycles. The summed E-state index contributed by atoms with van der Waals surface area (Å²) in [4.78, 5) is 11.9. The molecule has 0 spiro atoms. The number of carbonyl (C=O) groups excluding carboxylic acids is 1. The van der Waals surface area contributed by atoms with E-state index in [-0.39, 0.29) is 24.1 Å². The minimum atomic E-state index is -0.489. The molecule has 0 aromatic heterocycles. The zero-order valence-electron chi connectivity index (χ0n) is 10.9. The lowest BCUT2D eigenvalue weighted by molar-refractivity contribution is 0.0948. The number of carbonyl (C=O) groups is 1. The Hall–Kier alpha value is -1.86. The minimum absolute atomic E-state index is 0.182. The fraction of sp³-hybridized carbons (Fsp3) is 0.400. The van der Waals surface area contributed by atoms with Crippen LogP contribution >= 0.6 is 0 Å². The standard InChI is InChI=1S/C15H17FN2O/c1-2-10-9-14(10)18-15(19)12-6-5-11(4-3-7-17)13(16)8-12/h5-6,8,10,14H,2,7,9,17H2,1H3,(H,18,19). The van der Waals surface area contributed by atoms with Gasteiger partial charge in [0.1, 0.15) is 5.82 Å². The molecule has 0 radical (unpaired) electrons. The molecule has 1 amide bonds. The van der Waals surface area contributed by atoms with Crippen molar-refractivity contribution in [1.29, 1.82) is 0 Å². The monoisotopic (exact) mass is 260 g/mol. The van der Waals surface area contributed by atoms with Gasteiger partial charge in [-0.25, -0.2) is 4.39 Å². The van der Waals surface area contributed by atoms with E-state index >= 15 is 0 Å². The first kappa shape index (κ1) is 13.6. The minimum Gasteiger partial charge on any atom is -0.349 e. The number of rotatable bonds is 3. The third-order valence-corrected chi connectivity index (χ3v) is 3.32. The third kappa shape index (κ3) is 3.33. The first-order chi connectivity index (χ1) is 9.15. The number of hydrogen-bond acceptors (Lipinski definition) is 2. The summed E-state index contributed by atoms with van der Waals surface area (Å²) in [5, 5.41) is 2.90. The van der Waals surface area contributed by atoms with Crippen LogP contribution in [0.1, 0.15) is 35.7 Å². The molecule has 1 aliphatic rings. The Labute approximate surface area is 112 Å². The van der Waals surface area contributed by atoms with Gasteiger partial charge in [0.25, 0.3) is 5.91 Å². The fourth-order valence-electron chi connectivity index (χ4n) is 2.03. The zero-order chi connectivity index (χ0) is 13.8. The van der Waals surface area contributed by atoms with Gasteiger partial charge in [0.2, 0.25) is 0 Å². The molecule has 100 valence electrons. The summed E-state index contributed by atoms with van der Waals surface area (Å²) in [7, 11) is 0. The average Bonchev–Trinajstić information content (AvgIpc) is 3.15. The highest BCUT2D eigenvalue weighted by Crippen LogP contribution is 2.33. The highest BCUT2D eigenvalue weighted by atomic mass is 19.1. The summed E-state index contributed by atoms with van der Waals surface area (Å²) in [5.74, 6) is 5.07. The van der Waals surface area contributed by atoms with Crippen molar-refractivity contribution in [3.05, 3.63) is 35.1 Å². The second-order valence-corrected chi connectivity index (χ2v) is 4.68. The van der Waals surface area contributed by atoms with Crippen LogP contribution in [0.3, 0.4) is 0 Å². The molecule has 0 bridgehead atoms. The molecule has 2 rings (SSSR count). The number of amides is 1. The van der Waals surface area contributed by atoms with E-state index in [1.807, 2.05) is 0 Å². The molecule has 1 aromatic carbocycles. The van der Waals surface area contributed by atoms with Gasteiger partial charge in [-0.3, -0.25) is 4.79 Å². The van der Waals surface area contributed by atoms with Crippen LogP contribution < -0.4 is 11.1 Å². The maximum Gasteiger partial charge on any atom is 0.251 e. The van der Waals surface area contributed by atoms with Crippen LogP contribution in [0.15, 0.2) is 18.2 Å². The van der Waals surface area contributed by atoms with Gasteiger partial charge in [0.15, 0.2) is 0 Å². The Bertz CT molecular complexity index is 545. The van der Waals surface area contributed by atoms with Crippen LogP contribution in [0, 0.1) is 23.6 Å². The van der Waals surface area contributed by atoms with Gasteiger partial charge < -0.3 is 11.1 Å². The van der Waals surface area contributed by atoms with Crippen LogP contribution in [0.4, 0.5) is 4.39 Å². The Balaban J connectivity index is 2.05. The van der Waals surface area contributed by atoms with Crippen LogP contribution in [-0.4, -0.2) is 18.5 Å². The first-order valence-electron chi connectivity index (χ1n) is 6.45. The van der Waals surface area contributed by atoms with Crippen LogP contribution in [-0.2, 0) is 0 Å². The molecule has 2 atom stereocenters. The average molecular weight is 260 g/mol. The van der Waals surface area contributed by atoms with Crippen LogP contribution in [0.5, 0.6) is 0 Å². The summed E-state index contributed by atoms with van der Waals surface area (Å²) in [5.41, 5.74) is 5.83. The van der Waals surface area contributed by atoms with Crippen molar-refractivity contribution in [2.24, 2.45) is 11.7 Å². The molecule has 1 aliphatic carbocycles. The molecule has 4 heteroatoms. The summed E-state index contributed by atoms with van der Waals surface area (Å²) >= 11 is 0. The highest BCUT2D eigenvalue weighted by Gasteiger charge is 2.36. The lowest BCUT2D eigenvalue weighted by atomic mass is 10.1. The molecule has 0 heterocycles. The third-order valence-electron chi connectivity index (χ3n) is 3.32. The van der Waals surface area contributed by atoms with E-state index in [9.17, 15) is 9.18 Å². The van der Waals surface area contributed by atoms with Crippen LogP contribution in [0.25, 0.3) is 0 Å². The molecule has 3 nitrogen and oxygen atoms in total. The Kier molecular flexibility index (Phi) is 4.18. The SMILES string of the molecule is CCC1CC1NC(=O)c1ccc(C#CCN)c(F)c1. The summed E-state index contributed by atoms with van der Waals surface area (Å²) in [6.45, 7) is 2.28. The second kappa shape index (κ2) is 5.85. The number of nitrogens with two attached hydrogens (primary N) is 1. The van der Waals surface area contributed by atoms with Gasteiger partial charge in [-0.1, -0.05) is 25.2 Å². The highest BCUT2D eigenvalue weighted by molar-refractivity contribution is 5.94. The van der Waals surface area contributed by atoms with Gasteiger partial charge in [-0.15, -0.1) is 0 Å². The maximum absolute atomic E-state index is 13.7. The van der Waals surface area contributed by atoms with Crippen LogP contribution in [0.2, 0.25) is 0 Å². The van der Waals surface area contributed by atoms with Crippen molar-refractivity contribution in [2.75, 3.05) is 6.54 Å². The van der Waals surface area contributed by atoms with Crippen molar-refractivity contribution in [3.8, 4) is 11.8 Å². The van der Waals surface area contributed by atoms with E-state index < -0.39 is 5.82 Å². The van der Waals surface area contributed by atoms with Crippen molar-refractivity contribution in [2.45, 2.75) is 25.8 Å². The lowest BCUT2D eigenvalue weighted by Crippen LogP contribution is -2.26. The molecular weight excluding hydrogens is 243 g/mol. The van der Waals surface area contributed by atoms with Gasteiger partial charge in [0, 0.05) is 11.6 Å². The quantitative estimate of drug-likeness (QED) is 0.812. The molecule has 2 unspecified atom stereocenters. The Morgan fingerprint density at radius 2 is 2.37 bits per heavy atom. The zero-order valence-corrected chi connectivity index (χ0v) is 10.9. The Morgan fingerprint density at radius 3 is 2.95 bits per heavy atom. The molecule has 1 fully saturated rings.